The molecule has 1 aromatic rings. The first-order valence-electron chi connectivity index (χ1n) is 8.07. The maximum absolute atomic E-state index is 11.6. The fourth-order valence-electron chi connectivity index (χ4n) is 5.35. The van der Waals surface area contributed by atoms with Crippen molar-refractivity contribution in [3.05, 3.63) is 35.4 Å². The Kier molecular flexibility index (Phi) is 2.82. The number of benzene rings is 1. The van der Waals surface area contributed by atoms with Gasteiger partial charge in [0.1, 0.15) is 6.29 Å². The number of likely N-dealkylation sites (tertiary alicyclic amines) is 1. The summed E-state index contributed by atoms with van der Waals surface area (Å²) >= 11 is 0. The summed E-state index contributed by atoms with van der Waals surface area (Å²) in [5.74, 6) is 0.0977. The van der Waals surface area contributed by atoms with Gasteiger partial charge in [-0.05, 0) is 56.8 Å². The van der Waals surface area contributed by atoms with Gasteiger partial charge in [0.25, 0.3) is 0 Å². The van der Waals surface area contributed by atoms with Crippen molar-refractivity contribution in [2.24, 2.45) is 5.92 Å². The highest BCUT2D eigenvalue weighted by molar-refractivity contribution is 5.56. The first kappa shape index (κ1) is 13.5. The van der Waals surface area contributed by atoms with Gasteiger partial charge in [-0.3, -0.25) is 0 Å². The normalized spacial score (nSPS) is 42.0. The van der Waals surface area contributed by atoms with Crippen molar-refractivity contribution in [1.29, 1.82) is 0 Å². The van der Waals surface area contributed by atoms with E-state index >= 15 is 0 Å². The second-order valence-electron chi connectivity index (χ2n) is 7.25. The number of aldehydes is 1. The van der Waals surface area contributed by atoms with E-state index in [-0.39, 0.29) is 17.4 Å². The number of fused-ring (bicyclic) bond motifs is 1. The van der Waals surface area contributed by atoms with Crippen molar-refractivity contribution in [2.75, 3.05) is 13.6 Å². The SMILES string of the molecule is CN1CC[C@]23CC(C=O)CC[C@@]2(O)[C@H]1Cc1ccccc13. The van der Waals surface area contributed by atoms with Crippen LogP contribution in [0, 0.1) is 5.92 Å². The standard InChI is InChI=1S/C18H23NO2/c1-19-9-8-17-11-13(12-20)6-7-18(17,21)16(19)10-14-4-2-3-5-15(14)17/h2-5,12-13,16,21H,6-11H2,1H3/t13?,16-,17-,18-/m1/s1. The predicted octanol–water partition coefficient (Wildman–Crippen LogP) is 1.91. The van der Waals surface area contributed by atoms with Crippen LogP contribution in [0.5, 0.6) is 0 Å². The van der Waals surface area contributed by atoms with Crippen molar-refractivity contribution in [3.63, 3.8) is 0 Å². The molecule has 112 valence electrons. The molecule has 0 radical (unpaired) electrons. The van der Waals surface area contributed by atoms with E-state index < -0.39 is 5.60 Å². The third kappa shape index (κ3) is 1.59. The average molecular weight is 285 g/mol. The topological polar surface area (TPSA) is 40.5 Å². The monoisotopic (exact) mass is 285 g/mol. The van der Waals surface area contributed by atoms with Crippen LogP contribution in [0.1, 0.15) is 36.8 Å². The Morgan fingerprint density at radius 2 is 2.14 bits per heavy atom. The van der Waals surface area contributed by atoms with Crippen LogP contribution in [0.25, 0.3) is 0 Å². The van der Waals surface area contributed by atoms with E-state index in [4.69, 9.17) is 0 Å². The summed E-state index contributed by atoms with van der Waals surface area (Å²) in [5, 5.41) is 11.6. The van der Waals surface area contributed by atoms with Crippen LogP contribution in [0.4, 0.5) is 0 Å². The molecule has 21 heavy (non-hydrogen) atoms. The molecular weight excluding hydrogens is 262 g/mol. The van der Waals surface area contributed by atoms with Crippen molar-refractivity contribution in [2.45, 2.75) is 49.2 Å². The minimum Gasteiger partial charge on any atom is -0.387 e. The molecule has 3 aliphatic rings. The van der Waals surface area contributed by atoms with Crippen molar-refractivity contribution in [3.8, 4) is 0 Å². The lowest BCUT2D eigenvalue weighted by molar-refractivity contribution is -0.169. The van der Waals surface area contributed by atoms with E-state index in [0.29, 0.717) is 0 Å². The molecule has 3 heteroatoms. The first-order chi connectivity index (χ1) is 10.1. The summed E-state index contributed by atoms with van der Waals surface area (Å²) in [6.07, 6.45) is 5.38. The lowest BCUT2D eigenvalue weighted by Gasteiger charge is -2.64. The van der Waals surface area contributed by atoms with Gasteiger partial charge >= 0.3 is 0 Å². The molecule has 2 fully saturated rings. The van der Waals surface area contributed by atoms with E-state index in [1.807, 2.05) is 0 Å². The third-order valence-corrected chi connectivity index (χ3v) is 6.45. The van der Waals surface area contributed by atoms with Gasteiger partial charge in [-0.25, -0.2) is 0 Å². The number of carbonyl (C=O) groups is 1. The number of hydrogen-bond acceptors (Lipinski definition) is 3. The van der Waals surface area contributed by atoms with Crippen LogP contribution in [0.2, 0.25) is 0 Å². The zero-order valence-electron chi connectivity index (χ0n) is 12.6. The lowest BCUT2D eigenvalue weighted by Crippen LogP contribution is -2.72. The summed E-state index contributed by atoms with van der Waals surface area (Å²) in [7, 11) is 2.13. The van der Waals surface area contributed by atoms with E-state index in [2.05, 4.69) is 36.2 Å². The largest absolute Gasteiger partial charge is 0.387 e. The number of carbonyl (C=O) groups excluding carboxylic acids is 1. The quantitative estimate of drug-likeness (QED) is 0.801. The van der Waals surface area contributed by atoms with Gasteiger partial charge in [-0.1, -0.05) is 24.3 Å². The van der Waals surface area contributed by atoms with E-state index in [9.17, 15) is 9.90 Å². The van der Waals surface area contributed by atoms with E-state index in [0.717, 1.165) is 44.9 Å². The summed E-state index contributed by atoms with van der Waals surface area (Å²) < 4.78 is 0. The predicted molar refractivity (Wildman–Crippen MR) is 81.2 cm³/mol. The fraction of sp³-hybridized carbons (Fsp3) is 0.611. The lowest BCUT2D eigenvalue weighted by atomic mass is 9.48. The Balaban J connectivity index is 1.93. The van der Waals surface area contributed by atoms with Gasteiger partial charge in [0.15, 0.2) is 0 Å². The van der Waals surface area contributed by atoms with Crippen LogP contribution in [-0.4, -0.2) is 41.5 Å². The summed E-state index contributed by atoms with van der Waals surface area (Å²) in [6.45, 7) is 1.01. The Morgan fingerprint density at radius 3 is 2.95 bits per heavy atom. The molecule has 1 saturated heterocycles. The average Bonchev–Trinajstić information content (AvgIpc) is 2.50. The smallest absolute Gasteiger partial charge is 0.123 e. The van der Waals surface area contributed by atoms with Crippen molar-refractivity contribution in [1.82, 2.24) is 4.90 Å². The van der Waals surface area contributed by atoms with E-state index in [1.54, 1.807) is 0 Å². The van der Waals surface area contributed by atoms with Gasteiger partial charge in [-0.2, -0.15) is 0 Å². The van der Waals surface area contributed by atoms with Gasteiger partial charge in [0, 0.05) is 17.4 Å². The molecule has 0 aromatic heterocycles. The highest BCUT2D eigenvalue weighted by Crippen LogP contribution is 2.58. The molecule has 0 amide bonds. The zero-order valence-corrected chi connectivity index (χ0v) is 12.6. The summed E-state index contributed by atoms with van der Waals surface area (Å²) in [6, 6.07) is 8.75. The molecule has 1 N–H and O–H groups in total. The maximum Gasteiger partial charge on any atom is 0.123 e. The molecule has 1 heterocycles. The summed E-state index contributed by atoms with van der Waals surface area (Å²) in [5.41, 5.74) is 1.78. The molecule has 3 nitrogen and oxygen atoms in total. The number of rotatable bonds is 1. The number of piperidine rings is 1. The molecule has 0 spiro atoms. The number of aliphatic hydroxyl groups is 1. The molecule has 4 atom stereocenters. The van der Waals surface area contributed by atoms with Crippen molar-refractivity contribution < 1.29 is 9.90 Å². The first-order valence-corrected chi connectivity index (χ1v) is 8.07. The highest BCUT2D eigenvalue weighted by Gasteiger charge is 2.63. The molecular formula is C18H23NO2. The van der Waals surface area contributed by atoms with E-state index in [1.165, 1.54) is 11.1 Å². The van der Waals surface area contributed by atoms with Gasteiger partial charge in [0.05, 0.1) is 5.60 Å². The Bertz CT molecular complexity index is 586. The van der Waals surface area contributed by atoms with Gasteiger partial charge in [0.2, 0.25) is 0 Å². The van der Waals surface area contributed by atoms with Crippen LogP contribution in [-0.2, 0) is 16.6 Å². The second-order valence-corrected chi connectivity index (χ2v) is 7.25. The zero-order chi connectivity index (χ0) is 14.7. The summed E-state index contributed by atoms with van der Waals surface area (Å²) in [4.78, 5) is 13.7. The number of likely N-dealkylation sites (N-methyl/N-ethyl adjacent to an activating group) is 1. The molecule has 1 aromatic carbocycles. The fourth-order valence-corrected chi connectivity index (χ4v) is 5.35. The Hall–Kier alpha value is -1.19. The van der Waals surface area contributed by atoms with Crippen molar-refractivity contribution >= 4 is 6.29 Å². The highest BCUT2D eigenvalue weighted by atomic mass is 16.3. The maximum atomic E-state index is 11.6. The molecule has 2 bridgehead atoms. The third-order valence-electron chi connectivity index (χ3n) is 6.45. The Morgan fingerprint density at radius 1 is 1.33 bits per heavy atom. The minimum atomic E-state index is -0.673. The molecule has 1 unspecified atom stereocenters. The van der Waals surface area contributed by atoms with Crippen LogP contribution < -0.4 is 0 Å². The molecule has 2 aliphatic carbocycles. The number of hydrogen-bond donors (Lipinski definition) is 1. The van der Waals surface area contributed by atoms with Gasteiger partial charge < -0.3 is 14.8 Å². The van der Waals surface area contributed by atoms with Gasteiger partial charge in [-0.15, -0.1) is 0 Å². The molecule has 4 rings (SSSR count). The van der Waals surface area contributed by atoms with Crippen LogP contribution in [0.3, 0.4) is 0 Å². The van der Waals surface area contributed by atoms with Crippen LogP contribution in [0.15, 0.2) is 24.3 Å². The minimum absolute atomic E-state index is 0.0977. The molecule has 1 aliphatic heterocycles. The molecule has 1 saturated carbocycles. The number of nitrogens with zero attached hydrogens (tertiary/aromatic N) is 1. The Labute approximate surface area is 126 Å². The van der Waals surface area contributed by atoms with Crippen LogP contribution >= 0.6 is 0 Å². The second kappa shape index (κ2) is 4.40.